The summed E-state index contributed by atoms with van der Waals surface area (Å²) in [4.78, 5) is 15.5. The predicted octanol–water partition coefficient (Wildman–Crippen LogP) is 3.02. The number of nitrogens with one attached hydrogen (secondary N) is 1. The van der Waals surface area contributed by atoms with E-state index in [9.17, 15) is 4.79 Å². The molecule has 2 aromatic rings. The molecule has 1 aliphatic rings. The van der Waals surface area contributed by atoms with E-state index in [0.29, 0.717) is 29.4 Å². The van der Waals surface area contributed by atoms with Crippen LogP contribution < -0.4 is 5.56 Å². The first kappa shape index (κ1) is 13.5. The number of hydrogen-bond donors (Lipinski definition) is 1. The second kappa shape index (κ2) is 5.89. The van der Waals surface area contributed by atoms with Crippen LogP contribution in [0, 0.1) is 4.77 Å². The Bertz CT molecular complexity index is 714. The molecule has 0 spiro atoms. The highest BCUT2D eigenvalue weighted by Gasteiger charge is 2.15. The third-order valence-corrected chi connectivity index (χ3v) is 4.18. The monoisotopic (exact) mass is 290 g/mol. The lowest BCUT2D eigenvalue weighted by Gasteiger charge is -2.12. The van der Waals surface area contributed by atoms with Crippen LogP contribution in [0.3, 0.4) is 0 Å². The van der Waals surface area contributed by atoms with Crippen LogP contribution in [-0.2, 0) is 11.3 Å². The minimum Gasteiger partial charge on any atom is -0.376 e. The van der Waals surface area contributed by atoms with Gasteiger partial charge in [-0.15, -0.1) is 0 Å². The lowest BCUT2D eigenvalue weighted by molar-refractivity contribution is 0.0523. The van der Waals surface area contributed by atoms with E-state index in [0.717, 1.165) is 18.4 Å². The first-order valence-electron chi connectivity index (χ1n) is 7.09. The summed E-state index contributed by atoms with van der Waals surface area (Å²) in [7, 11) is 0. The summed E-state index contributed by atoms with van der Waals surface area (Å²) in [5.74, 6) is 0. The summed E-state index contributed by atoms with van der Waals surface area (Å²) in [5.41, 5.74) is 0.745. The van der Waals surface area contributed by atoms with E-state index >= 15 is 0 Å². The van der Waals surface area contributed by atoms with Crippen LogP contribution in [0.25, 0.3) is 10.9 Å². The Morgan fingerprint density at radius 1 is 1.30 bits per heavy atom. The fraction of sp³-hybridized carbons (Fsp3) is 0.467. The molecule has 0 radical (unpaired) electrons. The van der Waals surface area contributed by atoms with Crippen LogP contribution in [0.2, 0.25) is 0 Å². The van der Waals surface area contributed by atoms with Gasteiger partial charge in [0.05, 0.1) is 30.2 Å². The third kappa shape index (κ3) is 2.69. The zero-order valence-electron chi connectivity index (χ0n) is 11.3. The maximum atomic E-state index is 12.4. The van der Waals surface area contributed by atoms with Crippen LogP contribution >= 0.6 is 12.2 Å². The largest absolute Gasteiger partial charge is 0.376 e. The number of fused-ring (bicyclic) bond motifs is 1. The van der Waals surface area contributed by atoms with Crippen LogP contribution in [0.4, 0.5) is 0 Å². The van der Waals surface area contributed by atoms with Crippen molar-refractivity contribution in [3.8, 4) is 0 Å². The van der Waals surface area contributed by atoms with E-state index in [-0.39, 0.29) is 5.56 Å². The Morgan fingerprint density at radius 3 is 2.85 bits per heavy atom. The van der Waals surface area contributed by atoms with Crippen LogP contribution in [0.1, 0.15) is 25.7 Å². The number of nitrogens with zero attached hydrogens (tertiary/aromatic N) is 1. The number of benzene rings is 1. The van der Waals surface area contributed by atoms with Crippen molar-refractivity contribution in [1.82, 2.24) is 9.55 Å². The molecule has 1 N–H and O–H groups in total. The van der Waals surface area contributed by atoms with E-state index < -0.39 is 0 Å². The summed E-state index contributed by atoms with van der Waals surface area (Å²) in [6.07, 6.45) is 5.14. The smallest absolute Gasteiger partial charge is 0.262 e. The lowest BCUT2D eigenvalue weighted by atomic mass is 10.2. The Balaban J connectivity index is 1.80. The van der Waals surface area contributed by atoms with Gasteiger partial charge < -0.3 is 9.72 Å². The van der Waals surface area contributed by atoms with Crippen molar-refractivity contribution in [1.29, 1.82) is 0 Å². The number of H-pyrrole nitrogens is 1. The van der Waals surface area contributed by atoms with Gasteiger partial charge in [-0.3, -0.25) is 9.36 Å². The number of hydrogen-bond acceptors (Lipinski definition) is 3. The zero-order valence-corrected chi connectivity index (χ0v) is 12.1. The van der Waals surface area contributed by atoms with Gasteiger partial charge in [0.25, 0.3) is 5.56 Å². The standard InChI is InChI=1S/C15H18N2O2S/c18-14-12-7-3-4-8-13(12)16-15(20)17(14)9-10-19-11-5-1-2-6-11/h3-4,7-8,11H,1-2,5-6,9-10H2,(H,16,20). The van der Waals surface area contributed by atoms with Crippen molar-refractivity contribution in [3.05, 3.63) is 39.4 Å². The fourth-order valence-corrected chi connectivity index (χ4v) is 3.05. The van der Waals surface area contributed by atoms with Gasteiger partial charge in [-0.1, -0.05) is 25.0 Å². The number of aromatic nitrogens is 2. The van der Waals surface area contributed by atoms with Crippen molar-refractivity contribution in [2.45, 2.75) is 38.3 Å². The van der Waals surface area contributed by atoms with Gasteiger partial charge in [0.1, 0.15) is 0 Å². The highest BCUT2D eigenvalue weighted by molar-refractivity contribution is 7.71. The van der Waals surface area contributed by atoms with Crippen molar-refractivity contribution in [2.24, 2.45) is 0 Å². The SMILES string of the molecule is O=c1c2ccccc2[nH]c(=S)n1CCOC1CCCC1. The molecule has 20 heavy (non-hydrogen) atoms. The summed E-state index contributed by atoms with van der Waals surface area (Å²) in [5, 5.41) is 0.668. The van der Waals surface area contributed by atoms with Gasteiger partial charge in [0.2, 0.25) is 0 Å². The molecule has 1 heterocycles. The fourth-order valence-electron chi connectivity index (χ4n) is 2.77. The molecule has 0 unspecified atom stereocenters. The van der Waals surface area contributed by atoms with Crippen molar-refractivity contribution in [3.63, 3.8) is 0 Å². The number of rotatable bonds is 4. The van der Waals surface area contributed by atoms with Crippen molar-refractivity contribution < 1.29 is 4.74 Å². The normalized spacial score (nSPS) is 16.0. The zero-order chi connectivity index (χ0) is 13.9. The van der Waals surface area contributed by atoms with E-state index in [1.54, 1.807) is 4.57 Å². The minimum absolute atomic E-state index is 0.0422. The number of para-hydroxylation sites is 1. The van der Waals surface area contributed by atoms with E-state index in [1.165, 1.54) is 12.8 Å². The minimum atomic E-state index is -0.0422. The maximum Gasteiger partial charge on any atom is 0.262 e. The number of aromatic amines is 1. The molecule has 0 bridgehead atoms. The van der Waals surface area contributed by atoms with Gasteiger partial charge >= 0.3 is 0 Å². The molecule has 1 aliphatic carbocycles. The second-order valence-electron chi connectivity index (χ2n) is 5.21. The summed E-state index contributed by atoms with van der Waals surface area (Å²) >= 11 is 5.27. The molecular formula is C15H18N2O2S. The molecular weight excluding hydrogens is 272 g/mol. The van der Waals surface area contributed by atoms with Crippen molar-refractivity contribution in [2.75, 3.05) is 6.61 Å². The average molecular weight is 290 g/mol. The first-order valence-corrected chi connectivity index (χ1v) is 7.50. The third-order valence-electron chi connectivity index (χ3n) is 3.86. The molecule has 3 rings (SSSR count). The molecule has 4 nitrogen and oxygen atoms in total. The molecule has 1 fully saturated rings. The topological polar surface area (TPSA) is 47.0 Å². The molecule has 0 aliphatic heterocycles. The van der Waals surface area contributed by atoms with Crippen LogP contribution in [0.5, 0.6) is 0 Å². The van der Waals surface area contributed by atoms with E-state index in [4.69, 9.17) is 17.0 Å². The van der Waals surface area contributed by atoms with Crippen molar-refractivity contribution >= 4 is 23.1 Å². The van der Waals surface area contributed by atoms with Gasteiger partial charge in [-0.25, -0.2) is 0 Å². The van der Waals surface area contributed by atoms with Crippen LogP contribution in [0.15, 0.2) is 29.1 Å². The molecule has 1 aromatic carbocycles. The molecule has 5 heteroatoms. The maximum absolute atomic E-state index is 12.4. The lowest BCUT2D eigenvalue weighted by Crippen LogP contribution is -2.25. The first-order chi connectivity index (χ1) is 9.75. The molecule has 1 aromatic heterocycles. The van der Waals surface area contributed by atoms with Gasteiger partial charge in [-0.05, 0) is 37.2 Å². The summed E-state index contributed by atoms with van der Waals surface area (Å²) < 4.78 is 7.86. The molecule has 0 saturated heterocycles. The van der Waals surface area contributed by atoms with Gasteiger partial charge in [-0.2, -0.15) is 0 Å². The van der Waals surface area contributed by atoms with E-state index in [2.05, 4.69) is 4.98 Å². The Kier molecular flexibility index (Phi) is 3.98. The quantitative estimate of drug-likeness (QED) is 0.881. The number of ether oxygens (including phenoxy) is 1. The molecule has 0 amide bonds. The second-order valence-corrected chi connectivity index (χ2v) is 5.60. The molecule has 1 saturated carbocycles. The summed E-state index contributed by atoms with van der Waals surface area (Å²) in [6.45, 7) is 1.05. The highest BCUT2D eigenvalue weighted by Crippen LogP contribution is 2.20. The predicted molar refractivity (Wildman–Crippen MR) is 81.6 cm³/mol. The highest BCUT2D eigenvalue weighted by atomic mass is 32.1. The average Bonchev–Trinajstić information content (AvgIpc) is 2.96. The summed E-state index contributed by atoms with van der Waals surface area (Å²) in [6, 6.07) is 7.43. The molecule has 0 atom stereocenters. The van der Waals surface area contributed by atoms with E-state index in [1.807, 2.05) is 24.3 Å². The van der Waals surface area contributed by atoms with Gasteiger partial charge in [0, 0.05) is 0 Å². The Hall–Kier alpha value is -1.46. The molecule has 106 valence electrons. The van der Waals surface area contributed by atoms with Gasteiger partial charge in [0.15, 0.2) is 4.77 Å². The van der Waals surface area contributed by atoms with Crippen LogP contribution in [-0.4, -0.2) is 22.3 Å². The Morgan fingerprint density at radius 2 is 2.05 bits per heavy atom. The Labute approximate surface area is 122 Å².